The second-order valence-corrected chi connectivity index (χ2v) is 8.50. The quantitative estimate of drug-likeness (QED) is 0.650. The molecular weight excluding hydrogens is 396 g/mol. The van der Waals surface area contributed by atoms with E-state index in [1.54, 1.807) is 19.1 Å². The van der Waals surface area contributed by atoms with Gasteiger partial charge in [0.1, 0.15) is 0 Å². The predicted octanol–water partition coefficient (Wildman–Crippen LogP) is 0.467. The molecule has 0 aromatic heterocycles. The van der Waals surface area contributed by atoms with Gasteiger partial charge in [0.2, 0.25) is 21.8 Å². The zero-order chi connectivity index (χ0) is 21.2. The lowest BCUT2D eigenvalue weighted by atomic mass is 10.1. The first-order chi connectivity index (χ1) is 13.7. The van der Waals surface area contributed by atoms with E-state index < -0.39 is 21.8 Å². The van der Waals surface area contributed by atoms with Gasteiger partial charge in [-0.05, 0) is 55.0 Å². The van der Waals surface area contributed by atoms with Gasteiger partial charge in [0.25, 0.3) is 5.91 Å². The number of piperazine rings is 1. The molecule has 3 rings (SSSR count). The second-order valence-electron chi connectivity index (χ2n) is 6.56. The van der Waals surface area contributed by atoms with E-state index >= 15 is 0 Å². The summed E-state index contributed by atoms with van der Waals surface area (Å²) in [5.41, 5.74) is 7.00. The topological polar surface area (TPSA) is 139 Å². The van der Waals surface area contributed by atoms with Gasteiger partial charge >= 0.3 is 0 Å². The van der Waals surface area contributed by atoms with E-state index in [2.05, 4.69) is 10.6 Å². The van der Waals surface area contributed by atoms with E-state index in [9.17, 15) is 22.8 Å². The van der Waals surface area contributed by atoms with Crippen LogP contribution in [0.5, 0.6) is 0 Å². The van der Waals surface area contributed by atoms with E-state index in [-0.39, 0.29) is 36.0 Å². The van der Waals surface area contributed by atoms with Crippen LogP contribution in [0.4, 0.5) is 5.69 Å². The monoisotopic (exact) mass is 416 g/mol. The van der Waals surface area contributed by atoms with Gasteiger partial charge in [-0.3, -0.25) is 14.4 Å². The first-order valence-electron chi connectivity index (χ1n) is 8.77. The Kier molecular flexibility index (Phi) is 5.66. The van der Waals surface area contributed by atoms with E-state index in [0.29, 0.717) is 16.8 Å². The SMILES string of the molecule is Cc1cc(NC(=O)c2ccc(S(=O)(=O)N3CCNC(=O)C3)cc2)ccc1C(N)=O. The average molecular weight is 416 g/mol. The first-order valence-corrected chi connectivity index (χ1v) is 10.2. The second kappa shape index (κ2) is 8.02. The molecule has 2 aromatic carbocycles. The summed E-state index contributed by atoms with van der Waals surface area (Å²) in [6, 6.07) is 10.2. The van der Waals surface area contributed by atoms with E-state index in [1.165, 1.54) is 30.3 Å². The van der Waals surface area contributed by atoms with Crippen LogP contribution in [-0.4, -0.2) is 50.1 Å². The molecule has 1 aliphatic rings. The molecule has 0 saturated carbocycles. The molecule has 2 aromatic rings. The Morgan fingerprint density at radius 1 is 1.14 bits per heavy atom. The van der Waals surface area contributed by atoms with E-state index in [0.717, 1.165) is 4.31 Å². The fourth-order valence-corrected chi connectivity index (χ4v) is 4.37. The average Bonchev–Trinajstić information content (AvgIpc) is 2.68. The van der Waals surface area contributed by atoms with Gasteiger partial charge in [-0.1, -0.05) is 0 Å². The summed E-state index contributed by atoms with van der Waals surface area (Å²) in [5, 5.41) is 5.26. The lowest BCUT2D eigenvalue weighted by molar-refractivity contribution is -0.122. The molecule has 1 saturated heterocycles. The summed E-state index contributed by atoms with van der Waals surface area (Å²) in [6.07, 6.45) is 0. The molecule has 1 aliphatic heterocycles. The molecule has 3 amide bonds. The number of sulfonamides is 1. The third-order valence-corrected chi connectivity index (χ3v) is 6.37. The maximum absolute atomic E-state index is 12.6. The number of nitrogens with two attached hydrogens (primary N) is 1. The van der Waals surface area contributed by atoms with Crippen molar-refractivity contribution in [3.05, 3.63) is 59.2 Å². The molecule has 0 aliphatic carbocycles. The normalized spacial score (nSPS) is 14.9. The molecule has 0 radical (unpaired) electrons. The smallest absolute Gasteiger partial charge is 0.255 e. The zero-order valence-corrected chi connectivity index (χ0v) is 16.5. The molecule has 0 unspecified atom stereocenters. The summed E-state index contributed by atoms with van der Waals surface area (Å²) in [7, 11) is -3.82. The van der Waals surface area contributed by atoms with E-state index in [4.69, 9.17) is 5.73 Å². The molecule has 10 heteroatoms. The van der Waals surface area contributed by atoms with Crippen LogP contribution in [0.3, 0.4) is 0 Å². The number of aryl methyl sites for hydroxylation is 1. The number of amides is 3. The Morgan fingerprint density at radius 2 is 1.83 bits per heavy atom. The van der Waals surface area contributed by atoms with Crippen molar-refractivity contribution in [2.24, 2.45) is 5.73 Å². The summed E-state index contributed by atoms with van der Waals surface area (Å²) in [4.78, 5) is 35.2. The molecule has 4 N–H and O–H groups in total. The van der Waals surface area contributed by atoms with Crippen LogP contribution >= 0.6 is 0 Å². The van der Waals surface area contributed by atoms with E-state index in [1.807, 2.05) is 0 Å². The fourth-order valence-electron chi connectivity index (χ4n) is 2.97. The largest absolute Gasteiger partial charge is 0.366 e. The maximum atomic E-state index is 12.6. The number of nitrogens with one attached hydrogen (secondary N) is 2. The molecular formula is C19H20N4O5S. The number of rotatable bonds is 5. The molecule has 1 fully saturated rings. The summed E-state index contributed by atoms with van der Waals surface area (Å²) < 4.78 is 26.4. The molecule has 1 heterocycles. The van der Waals surface area contributed by atoms with Crippen LogP contribution in [0.15, 0.2) is 47.4 Å². The van der Waals surface area contributed by atoms with Crippen molar-refractivity contribution in [1.82, 2.24) is 9.62 Å². The van der Waals surface area contributed by atoms with Crippen molar-refractivity contribution in [1.29, 1.82) is 0 Å². The van der Waals surface area contributed by atoms with Gasteiger partial charge in [-0.15, -0.1) is 0 Å². The van der Waals surface area contributed by atoms with Crippen molar-refractivity contribution in [2.75, 3.05) is 25.0 Å². The van der Waals surface area contributed by atoms with Gasteiger partial charge in [0.15, 0.2) is 0 Å². The number of benzene rings is 2. The lowest BCUT2D eigenvalue weighted by Crippen LogP contribution is -2.49. The summed E-state index contributed by atoms with van der Waals surface area (Å²) in [6.45, 7) is 1.92. The Bertz CT molecular complexity index is 1080. The van der Waals surface area contributed by atoms with Crippen LogP contribution in [0, 0.1) is 6.92 Å². The van der Waals surface area contributed by atoms with Crippen LogP contribution < -0.4 is 16.4 Å². The van der Waals surface area contributed by atoms with Gasteiger partial charge in [0.05, 0.1) is 11.4 Å². The number of nitrogens with zero attached hydrogens (tertiary/aromatic N) is 1. The number of primary amides is 1. The maximum Gasteiger partial charge on any atom is 0.255 e. The molecule has 152 valence electrons. The molecule has 9 nitrogen and oxygen atoms in total. The highest BCUT2D eigenvalue weighted by Crippen LogP contribution is 2.19. The van der Waals surface area contributed by atoms with Crippen LogP contribution in [0.25, 0.3) is 0 Å². The number of hydrogen-bond acceptors (Lipinski definition) is 5. The standard InChI is InChI=1S/C19H20N4O5S/c1-12-10-14(4-7-16(12)18(20)25)22-19(26)13-2-5-15(6-3-13)29(27,28)23-9-8-21-17(24)11-23/h2-7,10H,8-9,11H2,1H3,(H2,20,25)(H,21,24)(H,22,26). The minimum atomic E-state index is -3.82. The van der Waals surface area contributed by atoms with Crippen molar-refractivity contribution < 1.29 is 22.8 Å². The van der Waals surface area contributed by atoms with Crippen molar-refractivity contribution >= 4 is 33.4 Å². The van der Waals surface area contributed by atoms with Gasteiger partial charge < -0.3 is 16.4 Å². The number of carbonyl (C=O) groups excluding carboxylic acids is 3. The van der Waals surface area contributed by atoms with Crippen LogP contribution in [-0.2, 0) is 14.8 Å². The predicted molar refractivity (Wildman–Crippen MR) is 106 cm³/mol. The third kappa shape index (κ3) is 4.44. The highest BCUT2D eigenvalue weighted by molar-refractivity contribution is 7.89. The van der Waals surface area contributed by atoms with Crippen molar-refractivity contribution in [3.8, 4) is 0 Å². The Hall–Kier alpha value is -3.24. The number of carbonyl (C=O) groups is 3. The Labute approximate surface area is 167 Å². The highest BCUT2D eigenvalue weighted by Gasteiger charge is 2.29. The van der Waals surface area contributed by atoms with Gasteiger partial charge in [-0.2, -0.15) is 4.31 Å². The Balaban J connectivity index is 1.74. The minimum Gasteiger partial charge on any atom is -0.366 e. The third-order valence-electron chi connectivity index (χ3n) is 4.51. The molecule has 0 atom stereocenters. The molecule has 0 spiro atoms. The fraction of sp³-hybridized carbons (Fsp3) is 0.211. The molecule has 0 bridgehead atoms. The van der Waals surface area contributed by atoms with Crippen molar-refractivity contribution in [2.45, 2.75) is 11.8 Å². The van der Waals surface area contributed by atoms with Crippen LogP contribution in [0.1, 0.15) is 26.3 Å². The summed E-state index contributed by atoms with van der Waals surface area (Å²) in [5.74, 6) is -1.34. The van der Waals surface area contributed by atoms with Crippen molar-refractivity contribution in [3.63, 3.8) is 0 Å². The van der Waals surface area contributed by atoms with Gasteiger partial charge in [0, 0.05) is 29.9 Å². The summed E-state index contributed by atoms with van der Waals surface area (Å²) >= 11 is 0. The first kappa shape index (κ1) is 20.5. The molecule has 29 heavy (non-hydrogen) atoms. The number of hydrogen-bond donors (Lipinski definition) is 3. The highest BCUT2D eigenvalue weighted by atomic mass is 32.2. The minimum absolute atomic E-state index is 0.00501. The van der Waals surface area contributed by atoms with Gasteiger partial charge in [-0.25, -0.2) is 8.42 Å². The zero-order valence-electron chi connectivity index (χ0n) is 15.6. The number of anilines is 1. The lowest BCUT2D eigenvalue weighted by Gasteiger charge is -2.25. The Morgan fingerprint density at radius 3 is 2.41 bits per heavy atom. The van der Waals surface area contributed by atoms with Crippen LogP contribution in [0.2, 0.25) is 0 Å².